The minimum Gasteiger partial charge on any atom is -0.383 e. The van der Waals surface area contributed by atoms with Crippen LogP contribution in [0.3, 0.4) is 0 Å². The molecule has 1 aliphatic rings. The molecule has 1 saturated heterocycles. The molecule has 2 rings (SSSR count). The lowest BCUT2D eigenvalue weighted by Crippen LogP contribution is -2.27. The quantitative estimate of drug-likeness (QED) is 0.647. The number of hydrogen-bond acceptors (Lipinski definition) is 7. The van der Waals surface area contributed by atoms with Crippen molar-refractivity contribution in [3.05, 3.63) is 22.7 Å². The van der Waals surface area contributed by atoms with Gasteiger partial charge in [-0.3, -0.25) is 4.57 Å². The normalized spacial score (nSPS) is 23.7. The third kappa shape index (κ3) is 3.24. The number of aromatic nitrogens is 2. The largest absolute Gasteiger partial charge is 0.383 e. The zero-order valence-electron chi connectivity index (χ0n) is 9.47. The van der Waals surface area contributed by atoms with Gasteiger partial charge < -0.3 is 25.0 Å². The van der Waals surface area contributed by atoms with Crippen LogP contribution >= 0.6 is 8.38 Å². The third-order valence-corrected chi connectivity index (χ3v) is 2.88. The number of nitrogens with two attached hydrogens (primary N) is 1. The smallest absolute Gasteiger partial charge is 0.351 e. The first-order valence-electron chi connectivity index (χ1n) is 5.33. The van der Waals surface area contributed by atoms with Crippen molar-refractivity contribution in [3.63, 3.8) is 0 Å². The van der Waals surface area contributed by atoms with E-state index in [1.54, 1.807) is 0 Å². The fourth-order valence-corrected chi connectivity index (χ4v) is 2.01. The molecule has 1 aliphatic heterocycles. The van der Waals surface area contributed by atoms with Crippen molar-refractivity contribution in [3.8, 4) is 0 Å². The van der Waals surface area contributed by atoms with E-state index in [4.69, 9.17) is 25.0 Å². The fourth-order valence-electron chi connectivity index (χ4n) is 1.71. The maximum absolute atomic E-state index is 11.6. The van der Waals surface area contributed by atoms with Crippen LogP contribution in [0.1, 0.15) is 19.1 Å². The van der Waals surface area contributed by atoms with Crippen molar-refractivity contribution in [1.82, 2.24) is 9.55 Å². The van der Waals surface area contributed by atoms with Crippen LogP contribution < -0.4 is 11.4 Å². The second kappa shape index (κ2) is 5.73. The van der Waals surface area contributed by atoms with Gasteiger partial charge in [0, 0.05) is 12.6 Å². The van der Waals surface area contributed by atoms with Crippen LogP contribution in [-0.2, 0) is 9.47 Å². The highest BCUT2D eigenvalue weighted by atomic mass is 31.2. The molecule has 0 amide bonds. The van der Waals surface area contributed by atoms with E-state index in [0.29, 0.717) is 12.8 Å². The molecule has 2 unspecified atom stereocenters. The molecule has 1 aromatic heterocycles. The molecule has 0 bridgehead atoms. The summed E-state index contributed by atoms with van der Waals surface area (Å²) in [6.07, 6.45) is 1.52. The van der Waals surface area contributed by atoms with Crippen LogP contribution in [0.25, 0.3) is 0 Å². The molecule has 8 nitrogen and oxygen atoms in total. The van der Waals surface area contributed by atoms with Gasteiger partial charge in [-0.15, -0.1) is 0 Å². The Hall–Kier alpha value is -1.05. The molecule has 2 heterocycles. The zero-order valence-corrected chi connectivity index (χ0v) is 10.4. The summed E-state index contributed by atoms with van der Waals surface area (Å²) in [7, 11) is -2.10. The molecule has 4 N–H and O–H groups in total. The van der Waals surface area contributed by atoms with Gasteiger partial charge in [0.25, 0.3) is 0 Å². The summed E-state index contributed by atoms with van der Waals surface area (Å²) in [5.41, 5.74) is 4.91. The molecule has 0 saturated carbocycles. The number of nitrogens with zero attached hydrogens (tertiary/aromatic N) is 2. The van der Waals surface area contributed by atoms with Crippen molar-refractivity contribution < 1.29 is 19.3 Å². The van der Waals surface area contributed by atoms with E-state index in [9.17, 15) is 4.79 Å². The molecule has 18 heavy (non-hydrogen) atoms. The Labute approximate surface area is 104 Å². The lowest BCUT2D eigenvalue weighted by molar-refractivity contribution is -0.140. The number of rotatable bonds is 4. The summed E-state index contributed by atoms with van der Waals surface area (Å²) in [6.45, 7) is 0. The van der Waals surface area contributed by atoms with E-state index in [1.165, 1.54) is 16.8 Å². The molecular weight excluding hydrogens is 261 g/mol. The first-order chi connectivity index (χ1) is 8.56. The number of nitrogen functional groups attached to an aromatic ring is 1. The van der Waals surface area contributed by atoms with E-state index >= 15 is 0 Å². The number of ether oxygens (including phenoxy) is 2. The maximum atomic E-state index is 11.6. The van der Waals surface area contributed by atoms with Gasteiger partial charge in [-0.2, -0.15) is 4.98 Å². The monoisotopic (exact) mass is 275 g/mol. The van der Waals surface area contributed by atoms with Crippen molar-refractivity contribution >= 4 is 14.2 Å². The van der Waals surface area contributed by atoms with E-state index in [1.807, 2.05) is 0 Å². The second-order valence-electron chi connectivity index (χ2n) is 3.81. The average molecular weight is 275 g/mol. The summed E-state index contributed by atoms with van der Waals surface area (Å²) >= 11 is 0. The van der Waals surface area contributed by atoms with Crippen LogP contribution in [0.5, 0.6) is 0 Å². The van der Waals surface area contributed by atoms with Gasteiger partial charge in [-0.05, 0) is 12.5 Å². The zero-order chi connectivity index (χ0) is 13.1. The Bertz CT molecular complexity index is 466. The summed E-state index contributed by atoms with van der Waals surface area (Å²) in [5.74, 6) is 0.160. The van der Waals surface area contributed by atoms with E-state index in [0.717, 1.165) is 0 Å². The minimum absolute atomic E-state index is 0.160. The highest BCUT2D eigenvalue weighted by Gasteiger charge is 2.28. The third-order valence-electron chi connectivity index (χ3n) is 2.50. The van der Waals surface area contributed by atoms with Gasteiger partial charge in [-0.25, -0.2) is 4.79 Å². The van der Waals surface area contributed by atoms with Crippen molar-refractivity contribution in [2.24, 2.45) is 0 Å². The van der Waals surface area contributed by atoms with Crippen LogP contribution in [0.4, 0.5) is 5.82 Å². The molecule has 0 aliphatic carbocycles. The van der Waals surface area contributed by atoms with Gasteiger partial charge in [-0.1, -0.05) is 0 Å². The molecule has 2 atom stereocenters. The predicted octanol–water partition coefficient (Wildman–Crippen LogP) is -0.269. The highest BCUT2D eigenvalue weighted by molar-refractivity contribution is 7.44. The van der Waals surface area contributed by atoms with E-state index in [-0.39, 0.29) is 12.2 Å². The summed E-state index contributed by atoms with van der Waals surface area (Å²) in [4.78, 5) is 32.6. The van der Waals surface area contributed by atoms with Gasteiger partial charge >= 0.3 is 5.69 Å². The molecule has 1 aromatic rings. The van der Waals surface area contributed by atoms with Crippen LogP contribution in [0, 0.1) is 0 Å². The topological polar surface area (TPSA) is 120 Å². The molecule has 0 radical (unpaired) electrons. The van der Waals surface area contributed by atoms with E-state index < -0.39 is 26.6 Å². The fraction of sp³-hybridized carbons (Fsp3) is 0.556. The van der Waals surface area contributed by atoms with E-state index in [2.05, 4.69) is 4.98 Å². The van der Waals surface area contributed by atoms with Gasteiger partial charge in [0.1, 0.15) is 18.4 Å². The minimum atomic E-state index is -2.10. The van der Waals surface area contributed by atoms with Crippen molar-refractivity contribution in [1.29, 1.82) is 0 Å². The Morgan fingerprint density at radius 1 is 1.61 bits per heavy atom. The maximum Gasteiger partial charge on any atom is 0.351 e. The van der Waals surface area contributed by atoms with Crippen LogP contribution in [-0.4, -0.2) is 32.0 Å². The molecule has 9 heteroatoms. The molecule has 0 aromatic carbocycles. The Morgan fingerprint density at radius 2 is 2.39 bits per heavy atom. The van der Waals surface area contributed by atoms with Crippen LogP contribution in [0.2, 0.25) is 0 Å². The lowest BCUT2D eigenvalue weighted by Gasteiger charge is -2.16. The number of hydrogen-bond donors (Lipinski definition) is 3. The van der Waals surface area contributed by atoms with Gasteiger partial charge in [0.2, 0.25) is 0 Å². The Balaban J connectivity index is 1.98. The average Bonchev–Trinajstić information content (AvgIpc) is 2.75. The predicted molar refractivity (Wildman–Crippen MR) is 63.4 cm³/mol. The molecule has 100 valence electrons. The standard InChI is InChI=1S/C9H14N3O5P/c10-6-3-4-12(9(13)11-6)7-1-2-8(17-7)16-5-18(14)15/h3-4,7-8,14-15H,1-2,5H2,(H2,10,11,13). The lowest BCUT2D eigenvalue weighted by atomic mass is 10.3. The van der Waals surface area contributed by atoms with Crippen molar-refractivity contribution in [2.75, 3.05) is 12.1 Å². The number of anilines is 1. The Morgan fingerprint density at radius 3 is 3.06 bits per heavy atom. The summed E-state index contributed by atoms with van der Waals surface area (Å²) in [6, 6.07) is 1.51. The molecular formula is C9H14N3O5P. The highest BCUT2D eigenvalue weighted by Crippen LogP contribution is 2.31. The first-order valence-corrected chi connectivity index (χ1v) is 6.76. The SMILES string of the molecule is Nc1ccn(C2CCC(OCP(O)O)O2)c(=O)n1. The Kier molecular flexibility index (Phi) is 4.26. The molecule has 0 spiro atoms. The summed E-state index contributed by atoms with van der Waals surface area (Å²) in [5, 5.41) is 0. The second-order valence-corrected chi connectivity index (χ2v) is 4.81. The van der Waals surface area contributed by atoms with Gasteiger partial charge in [0.15, 0.2) is 14.7 Å². The first kappa shape index (κ1) is 13.4. The van der Waals surface area contributed by atoms with Gasteiger partial charge in [0.05, 0.1) is 0 Å². The van der Waals surface area contributed by atoms with Crippen molar-refractivity contribution in [2.45, 2.75) is 25.4 Å². The van der Waals surface area contributed by atoms with Crippen LogP contribution in [0.15, 0.2) is 17.1 Å². The molecule has 1 fully saturated rings. The summed E-state index contributed by atoms with van der Waals surface area (Å²) < 4.78 is 11.9.